The van der Waals surface area contributed by atoms with E-state index in [2.05, 4.69) is 73.0 Å². The van der Waals surface area contributed by atoms with Crippen LogP contribution in [0.4, 0.5) is 4.79 Å². The molecule has 1 N–H and O–H groups in total. The highest BCUT2D eigenvalue weighted by molar-refractivity contribution is 6.74. The second-order valence-corrected chi connectivity index (χ2v) is 24.8. The van der Waals surface area contributed by atoms with Gasteiger partial charge in [-0.1, -0.05) is 85.2 Å². The van der Waals surface area contributed by atoms with Crippen molar-refractivity contribution in [2.75, 3.05) is 52.5 Å². The number of hydrogen-bond acceptors (Lipinski definition) is 8. The van der Waals surface area contributed by atoms with Crippen molar-refractivity contribution >= 4 is 40.5 Å². The van der Waals surface area contributed by atoms with Gasteiger partial charge in [0.1, 0.15) is 13.2 Å². The molecule has 11 nitrogen and oxygen atoms in total. The summed E-state index contributed by atoms with van der Waals surface area (Å²) in [5.41, 5.74) is 0.820. The Labute approximate surface area is 291 Å². The first-order valence-electron chi connectivity index (χ1n) is 17.1. The fraction of sp³-hybridized carbons (Fsp3) is 0.714. The van der Waals surface area contributed by atoms with Crippen molar-refractivity contribution < 1.29 is 37.5 Å². The summed E-state index contributed by atoms with van der Waals surface area (Å²) in [6.07, 6.45) is 0.983. The second-order valence-electron chi connectivity index (χ2n) is 15.2. The molecule has 0 aromatic heterocycles. The van der Waals surface area contributed by atoms with Crippen molar-refractivity contribution in [3.8, 4) is 0 Å². The lowest BCUT2D eigenvalue weighted by molar-refractivity contribution is -0.146. The molecule has 1 rings (SSSR count). The largest absolute Gasteiger partial charge is 0.466 e. The van der Waals surface area contributed by atoms with Crippen molar-refractivity contribution in [1.82, 2.24) is 15.1 Å². The minimum atomic E-state index is -2.13. The number of alkyl carbamates (subject to hydrolysis) is 1. The van der Waals surface area contributed by atoms with E-state index < -0.39 is 28.6 Å². The van der Waals surface area contributed by atoms with E-state index in [1.807, 2.05) is 37.3 Å². The molecule has 13 heteroatoms. The van der Waals surface area contributed by atoms with Crippen molar-refractivity contribution in [2.24, 2.45) is 0 Å². The summed E-state index contributed by atoms with van der Waals surface area (Å²) in [6, 6.07) is 9.23. The van der Waals surface area contributed by atoms with Crippen LogP contribution in [0.15, 0.2) is 30.3 Å². The first-order valence-corrected chi connectivity index (χ1v) is 23.0. The van der Waals surface area contributed by atoms with Gasteiger partial charge in [0.15, 0.2) is 16.6 Å². The Morgan fingerprint density at radius 2 is 1.27 bits per heavy atom. The molecule has 0 heterocycles. The topological polar surface area (TPSA) is 124 Å². The van der Waals surface area contributed by atoms with Gasteiger partial charge in [-0.25, -0.2) is 4.79 Å². The van der Waals surface area contributed by atoms with E-state index in [0.29, 0.717) is 13.2 Å². The number of nitrogens with zero attached hydrogens (tertiary/aromatic N) is 2. The zero-order valence-electron chi connectivity index (χ0n) is 31.5. The fourth-order valence-corrected chi connectivity index (χ4v) is 5.90. The normalized spacial score (nSPS) is 12.3. The molecule has 3 amide bonds. The van der Waals surface area contributed by atoms with Gasteiger partial charge in [0.05, 0.1) is 32.8 Å². The lowest BCUT2D eigenvalue weighted by Crippen LogP contribution is -2.50. The first-order chi connectivity index (χ1) is 22.2. The van der Waals surface area contributed by atoms with Crippen molar-refractivity contribution in [3.05, 3.63) is 35.9 Å². The van der Waals surface area contributed by atoms with Crippen LogP contribution in [0.3, 0.4) is 0 Å². The first kappa shape index (κ1) is 43.3. The van der Waals surface area contributed by atoms with Crippen molar-refractivity contribution in [3.63, 3.8) is 0 Å². The molecule has 0 aliphatic heterocycles. The van der Waals surface area contributed by atoms with Crippen LogP contribution in [0.1, 0.15) is 73.3 Å². The summed E-state index contributed by atoms with van der Waals surface area (Å²) in [4.78, 5) is 55.0. The molecule has 0 aliphatic carbocycles. The molecule has 48 heavy (non-hydrogen) atoms. The number of benzene rings is 1. The maximum atomic E-state index is 13.8. The van der Waals surface area contributed by atoms with Crippen LogP contribution in [0.5, 0.6) is 0 Å². The molecular formula is C35H63N3O8Si2. The number of esters is 1. The van der Waals surface area contributed by atoms with E-state index in [4.69, 9.17) is 18.3 Å². The lowest BCUT2D eigenvalue weighted by Gasteiger charge is -2.37. The average Bonchev–Trinajstić information content (AvgIpc) is 2.99. The molecular weight excluding hydrogens is 647 g/mol. The Morgan fingerprint density at radius 3 is 1.79 bits per heavy atom. The van der Waals surface area contributed by atoms with Crippen LogP contribution in [0.25, 0.3) is 0 Å². The molecule has 0 radical (unpaired) electrons. The van der Waals surface area contributed by atoms with Gasteiger partial charge in [-0.05, 0) is 48.2 Å². The van der Waals surface area contributed by atoms with Gasteiger partial charge in [0.2, 0.25) is 11.8 Å². The molecule has 0 atom stereocenters. The SMILES string of the molecule is CCCCOC(=O)CCN(CCO[Si](C)(C)C(C)(C)C)C(=O)CN(CCO[Si](C)(C)C(C)(C)C)C(=O)CNC(=O)OCc1ccccc1. The Bertz CT molecular complexity index is 1150. The number of hydrogen-bond donors (Lipinski definition) is 1. The number of carbonyl (C=O) groups excluding carboxylic acids is 4. The van der Waals surface area contributed by atoms with Gasteiger partial charge in [0, 0.05) is 19.6 Å². The van der Waals surface area contributed by atoms with Gasteiger partial charge in [0.25, 0.3) is 0 Å². The molecule has 0 bridgehead atoms. The quantitative estimate of drug-likeness (QED) is 0.0945. The van der Waals surface area contributed by atoms with Gasteiger partial charge < -0.3 is 33.4 Å². The van der Waals surface area contributed by atoms with Crippen LogP contribution in [0, 0.1) is 0 Å². The molecule has 0 saturated heterocycles. The molecule has 0 saturated carbocycles. The molecule has 0 fully saturated rings. The Kier molecular flexibility index (Phi) is 18.1. The Hall–Kier alpha value is -2.75. The summed E-state index contributed by atoms with van der Waals surface area (Å²) in [7, 11) is -4.21. The third-order valence-electron chi connectivity index (χ3n) is 9.24. The zero-order valence-corrected chi connectivity index (χ0v) is 33.5. The standard InChI is InChI=1S/C35H63N3O8Si2/c1-12-13-23-43-32(41)19-20-37(21-24-45-47(8,9)34(2,3)4)31(40)27-38(22-25-46-48(10,11)35(5,6)7)30(39)26-36-33(42)44-28-29-17-15-14-16-18-29/h14-18H,12-13,19-28H2,1-11H3,(H,36,42). The number of unbranched alkanes of at least 4 members (excludes halogenated alkanes) is 1. The number of amides is 3. The van der Waals surface area contributed by atoms with E-state index in [1.165, 1.54) is 4.90 Å². The van der Waals surface area contributed by atoms with E-state index >= 15 is 0 Å². The molecule has 0 unspecified atom stereocenters. The van der Waals surface area contributed by atoms with Crippen LogP contribution in [0.2, 0.25) is 36.3 Å². The zero-order chi connectivity index (χ0) is 36.6. The van der Waals surface area contributed by atoms with Gasteiger partial charge in [-0.2, -0.15) is 0 Å². The molecule has 0 spiro atoms. The highest BCUT2D eigenvalue weighted by Crippen LogP contribution is 2.37. The van der Waals surface area contributed by atoms with Crippen molar-refractivity contribution in [1.29, 1.82) is 0 Å². The minimum Gasteiger partial charge on any atom is -0.466 e. The van der Waals surface area contributed by atoms with Crippen LogP contribution in [-0.2, 0) is 39.3 Å². The summed E-state index contributed by atoms with van der Waals surface area (Å²) in [6.45, 7) is 24.3. The second kappa shape index (κ2) is 20.1. The number of ether oxygens (including phenoxy) is 2. The summed E-state index contributed by atoms with van der Waals surface area (Å²) < 4.78 is 23.2. The Morgan fingerprint density at radius 1 is 0.729 bits per heavy atom. The van der Waals surface area contributed by atoms with Crippen LogP contribution >= 0.6 is 0 Å². The number of nitrogens with one attached hydrogen (secondary N) is 1. The van der Waals surface area contributed by atoms with Crippen molar-refractivity contribution in [2.45, 2.75) is 111 Å². The third kappa shape index (κ3) is 16.1. The predicted molar refractivity (Wildman–Crippen MR) is 195 cm³/mol. The van der Waals surface area contributed by atoms with E-state index in [1.54, 1.807) is 4.90 Å². The maximum absolute atomic E-state index is 13.8. The average molecular weight is 710 g/mol. The van der Waals surface area contributed by atoms with E-state index in [0.717, 1.165) is 18.4 Å². The van der Waals surface area contributed by atoms with Gasteiger partial charge in [-0.15, -0.1) is 0 Å². The Balaban J connectivity index is 3.05. The molecule has 274 valence electrons. The van der Waals surface area contributed by atoms with Gasteiger partial charge >= 0.3 is 12.1 Å². The maximum Gasteiger partial charge on any atom is 0.407 e. The molecule has 1 aromatic carbocycles. The summed E-state index contributed by atoms with van der Waals surface area (Å²) in [5.74, 6) is -1.15. The van der Waals surface area contributed by atoms with Crippen LogP contribution < -0.4 is 5.32 Å². The highest BCUT2D eigenvalue weighted by Gasteiger charge is 2.38. The minimum absolute atomic E-state index is 0.00642. The summed E-state index contributed by atoms with van der Waals surface area (Å²) >= 11 is 0. The van der Waals surface area contributed by atoms with E-state index in [-0.39, 0.29) is 74.3 Å². The van der Waals surface area contributed by atoms with Gasteiger partial charge in [-0.3, -0.25) is 14.4 Å². The lowest BCUT2D eigenvalue weighted by atomic mass is 10.2. The predicted octanol–water partition coefficient (Wildman–Crippen LogP) is 6.35. The number of rotatable bonds is 20. The molecule has 0 aliphatic rings. The van der Waals surface area contributed by atoms with Crippen LogP contribution in [-0.4, -0.2) is 103 Å². The smallest absolute Gasteiger partial charge is 0.407 e. The third-order valence-corrected chi connectivity index (χ3v) is 18.3. The highest BCUT2D eigenvalue weighted by atomic mass is 28.4. The number of carbonyl (C=O) groups is 4. The fourth-order valence-electron chi connectivity index (χ4n) is 3.83. The monoisotopic (exact) mass is 709 g/mol. The molecule has 1 aromatic rings. The van der Waals surface area contributed by atoms with E-state index in [9.17, 15) is 19.2 Å². The summed E-state index contributed by atoms with van der Waals surface area (Å²) in [5, 5.41) is 2.47.